The molecule has 116 valence electrons. The van der Waals surface area contributed by atoms with Gasteiger partial charge in [0.1, 0.15) is 0 Å². The summed E-state index contributed by atoms with van der Waals surface area (Å²) >= 11 is 0. The third kappa shape index (κ3) is 2.81. The lowest BCUT2D eigenvalue weighted by molar-refractivity contribution is 0.0731. The van der Waals surface area contributed by atoms with Crippen molar-refractivity contribution in [2.24, 2.45) is 0 Å². The molecule has 0 spiro atoms. The first kappa shape index (κ1) is 14.6. The minimum atomic E-state index is -0.155. The highest BCUT2D eigenvalue weighted by Crippen LogP contribution is 2.23. The van der Waals surface area contributed by atoms with Gasteiger partial charge >= 0.3 is 0 Å². The van der Waals surface area contributed by atoms with Crippen molar-refractivity contribution in [3.63, 3.8) is 0 Å². The zero-order valence-corrected chi connectivity index (χ0v) is 13.2. The molecule has 1 aromatic carbocycles. The Balaban J connectivity index is 1.67. The highest BCUT2D eigenvalue weighted by molar-refractivity contribution is 5.90. The second kappa shape index (κ2) is 5.79. The van der Waals surface area contributed by atoms with Crippen LogP contribution < -0.4 is 4.90 Å². The van der Waals surface area contributed by atoms with Crippen molar-refractivity contribution in [3.8, 4) is 0 Å². The molecule has 0 unspecified atom stereocenters. The summed E-state index contributed by atoms with van der Waals surface area (Å²) in [5, 5.41) is 3.70. The summed E-state index contributed by atoms with van der Waals surface area (Å²) in [6.45, 7) is 8.86. The van der Waals surface area contributed by atoms with E-state index in [1.165, 1.54) is 16.8 Å². The number of piperazine rings is 1. The lowest BCUT2D eigenvalue weighted by Crippen LogP contribution is -2.49. The molecule has 22 heavy (non-hydrogen) atoms. The standard InChI is InChI=1S/C16H20N4O2/c1-11-4-5-12(2)14(10-11)19-6-8-20(9-7-19)16(21)15-17-13(3)22-18-15/h4-5,10H,6-9H2,1-3H3. The van der Waals surface area contributed by atoms with Crippen LogP contribution in [0.4, 0.5) is 5.69 Å². The number of nitrogens with zero attached hydrogens (tertiary/aromatic N) is 4. The molecule has 1 aromatic heterocycles. The number of hydrogen-bond acceptors (Lipinski definition) is 5. The average Bonchev–Trinajstić information content (AvgIpc) is 2.96. The number of carbonyl (C=O) groups excluding carboxylic acids is 1. The van der Waals surface area contributed by atoms with Gasteiger partial charge in [0, 0.05) is 38.8 Å². The van der Waals surface area contributed by atoms with Crippen molar-refractivity contribution in [1.29, 1.82) is 0 Å². The van der Waals surface area contributed by atoms with Crippen molar-refractivity contribution in [2.75, 3.05) is 31.1 Å². The van der Waals surface area contributed by atoms with Crippen molar-refractivity contribution in [3.05, 3.63) is 41.0 Å². The van der Waals surface area contributed by atoms with Crippen LogP contribution in [-0.2, 0) is 0 Å². The normalized spacial score (nSPS) is 15.2. The molecule has 1 saturated heterocycles. The van der Waals surface area contributed by atoms with Crippen LogP contribution in [0.15, 0.2) is 22.7 Å². The van der Waals surface area contributed by atoms with Gasteiger partial charge in [-0.15, -0.1) is 0 Å². The van der Waals surface area contributed by atoms with Crippen molar-refractivity contribution in [1.82, 2.24) is 15.0 Å². The fourth-order valence-electron chi connectivity index (χ4n) is 2.74. The van der Waals surface area contributed by atoms with E-state index in [1.54, 1.807) is 11.8 Å². The Labute approximate surface area is 129 Å². The second-order valence-corrected chi connectivity index (χ2v) is 5.71. The van der Waals surface area contributed by atoms with Crippen LogP contribution in [0, 0.1) is 20.8 Å². The first-order chi connectivity index (χ1) is 10.5. The van der Waals surface area contributed by atoms with Gasteiger partial charge in [0.2, 0.25) is 5.89 Å². The molecule has 2 aromatic rings. The monoisotopic (exact) mass is 300 g/mol. The summed E-state index contributed by atoms with van der Waals surface area (Å²) in [5.41, 5.74) is 3.77. The molecule has 1 amide bonds. The predicted molar refractivity (Wildman–Crippen MR) is 83.1 cm³/mol. The van der Waals surface area contributed by atoms with E-state index < -0.39 is 0 Å². The van der Waals surface area contributed by atoms with Gasteiger partial charge in [-0.1, -0.05) is 17.3 Å². The fourth-order valence-corrected chi connectivity index (χ4v) is 2.74. The van der Waals surface area contributed by atoms with Crippen molar-refractivity contribution >= 4 is 11.6 Å². The molecule has 0 bridgehead atoms. The molecule has 1 aliphatic heterocycles. The fraction of sp³-hybridized carbons (Fsp3) is 0.438. The van der Waals surface area contributed by atoms with Crippen LogP contribution in [-0.4, -0.2) is 47.1 Å². The lowest BCUT2D eigenvalue weighted by atomic mass is 10.1. The van der Waals surface area contributed by atoms with Gasteiger partial charge in [-0.05, 0) is 31.0 Å². The van der Waals surface area contributed by atoms with Crippen molar-refractivity contribution in [2.45, 2.75) is 20.8 Å². The van der Waals surface area contributed by atoms with E-state index in [0.717, 1.165) is 13.1 Å². The summed E-state index contributed by atoms with van der Waals surface area (Å²) in [5.74, 6) is 0.410. The molecule has 0 saturated carbocycles. The molecule has 1 fully saturated rings. The number of rotatable bonds is 2. The molecule has 1 aliphatic rings. The second-order valence-electron chi connectivity index (χ2n) is 5.71. The van der Waals surface area contributed by atoms with Gasteiger partial charge < -0.3 is 14.3 Å². The molecular formula is C16H20N4O2. The Morgan fingerprint density at radius 1 is 1.14 bits per heavy atom. The van der Waals surface area contributed by atoms with Gasteiger partial charge in [-0.25, -0.2) is 0 Å². The topological polar surface area (TPSA) is 62.5 Å². The number of aromatic nitrogens is 2. The van der Waals surface area contributed by atoms with Crippen LogP contribution in [0.2, 0.25) is 0 Å². The summed E-state index contributed by atoms with van der Waals surface area (Å²) in [4.78, 5) is 20.4. The van der Waals surface area contributed by atoms with Crippen LogP contribution in [0.3, 0.4) is 0 Å². The SMILES string of the molecule is Cc1ccc(C)c(N2CCN(C(=O)c3noc(C)n3)CC2)c1. The molecule has 6 heteroatoms. The summed E-state index contributed by atoms with van der Waals surface area (Å²) in [6.07, 6.45) is 0. The third-order valence-corrected chi connectivity index (χ3v) is 3.99. The van der Waals surface area contributed by atoms with E-state index >= 15 is 0 Å². The number of benzene rings is 1. The lowest BCUT2D eigenvalue weighted by Gasteiger charge is -2.36. The minimum absolute atomic E-state index is 0.151. The smallest absolute Gasteiger partial charge is 0.295 e. The highest BCUT2D eigenvalue weighted by atomic mass is 16.5. The highest BCUT2D eigenvalue weighted by Gasteiger charge is 2.25. The predicted octanol–water partition coefficient (Wildman–Crippen LogP) is 1.96. The molecule has 0 aliphatic carbocycles. The number of hydrogen-bond donors (Lipinski definition) is 0. The van der Waals surface area contributed by atoms with Crippen molar-refractivity contribution < 1.29 is 9.32 Å². The maximum Gasteiger partial charge on any atom is 0.295 e. The Kier molecular flexibility index (Phi) is 3.83. The Hall–Kier alpha value is -2.37. The first-order valence-electron chi connectivity index (χ1n) is 7.46. The number of carbonyl (C=O) groups is 1. The molecule has 0 N–H and O–H groups in total. The maximum absolute atomic E-state index is 12.3. The van der Waals surface area contributed by atoms with E-state index in [9.17, 15) is 4.79 Å². The van der Waals surface area contributed by atoms with E-state index in [2.05, 4.69) is 47.1 Å². The molecule has 2 heterocycles. The van der Waals surface area contributed by atoms with Gasteiger partial charge in [-0.3, -0.25) is 4.79 Å². The molecular weight excluding hydrogens is 280 g/mol. The molecule has 3 rings (SSSR count). The van der Waals surface area contributed by atoms with Gasteiger partial charge in [0.25, 0.3) is 11.7 Å². The van der Waals surface area contributed by atoms with E-state index in [-0.39, 0.29) is 11.7 Å². The Bertz CT molecular complexity index is 687. The summed E-state index contributed by atoms with van der Waals surface area (Å²) in [7, 11) is 0. The van der Waals surface area contributed by atoms with Crippen LogP contribution in [0.5, 0.6) is 0 Å². The quantitative estimate of drug-likeness (QED) is 0.848. The van der Waals surface area contributed by atoms with Crippen LogP contribution in [0.1, 0.15) is 27.6 Å². The Morgan fingerprint density at radius 3 is 2.50 bits per heavy atom. The summed E-state index contributed by atoms with van der Waals surface area (Å²) in [6, 6.07) is 6.47. The number of anilines is 1. The number of aryl methyl sites for hydroxylation is 3. The zero-order chi connectivity index (χ0) is 15.7. The molecule has 0 atom stereocenters. The summed E-state index contributed by atoms with van der Waals surface area (Å²) < 4.78 is 4.88. The first-order valence-corrected chi connectivity index (χ1v) is 7.46. The van der Waals surface area contributed by atoms with Gasteiger partial charge in [-0.2, -0.15) is 4.98 Å². The Morgan fingerprint density at radius 2 is 1.86 bits per heavy atom. The zero-order valence-electron chi connectivity index (χ0n) is 13.2. The van der Waals surface area contributed by atoms with E-state index in [4.69, 9.17) is 4.52 Å². The van der Waals surface area contributed by atoms with Crippen LogP contribution in [0.25, 0.3) is 0 Å². The average molecular weight is 300 g/mol. The minimum Gasteiger partial charge on any atom is -0.368 e. The number of amides is 1. The largest absolute Gasteiger partial charge is 0.368 e. The molecule has 6 nitrogen and oxygen atoms in total. The molecule has 0 radical (unpaired) electrons. The maximum atomic E-state index is 12.3. The van der Waals surface area contributed by atoms with E-state index in [0.29, 0.717) is 19.0 Å². The van der Waals surface area contributed by atoms with Crippen LogP contribution >= 0.6 is 0 Å². The van der Waals surface area contributed by atoms with E-state index in [1.807, 2.05) is 0 Å². The van der Waals surface area contributed by atoms with Gasteiger partial charge in [0.05, 0.1) is 0 Å². The third-order valence-electron chi connectivity index (χ3n) is 3.99. The van der Waals surface area contributed by atoms with Gasteiger partial charge in [0.15, 0.2) is 0 Å².